The van der Waals surface area contributed by atoms with Crippen LogP contribution in [0.5, 0.6) is 0 Å². The van der Waals surface area contributed by atoms with Crippen molar-refractivity contribution >= 4 is 35.0 Å². The summed E-state index contributed by atoms with van der Waals surface area (Å²) in [4.78, 5) is 42.5. The standard InChI is InChI=1S/C29H18ClF8N5O3/c30-19-3-2-16(31)8-18(19)24-25-20(41-26(45)14-5-15(28(33,34)35)7-17(32)6-14)9-21(43(25)12-23(44)42-24)27(46)40-11-13-1-4-22(39-10-13)29(36,37)38/h1-10,24H,11-12H2,(H,40,46)(H,41,45)(H,42,44). The van der Waals surface area contributed by atoms with E-state index in [1.807, 2.05) is 0 Å². The third-order valence-corrected chi connectivity index (χ3v) is 7.17. The van der Waals surface area contributed by atoms with Crippen molar-refractivity contribution in [1.82, 2.24) is 20.2 Å². The predicted molar refractivity (Wildman–Crippen MR) is 146 cm³/mol. The molecule has 5 rings (SSSR count). The smallest absolute Gasteiger partial charge is 0.347 e. The minimum Gasteiger partial charge on any atom is -0.347 e. The fourth-order valence-corrected chi connectivity index (χ4v) is 4.99. The summed E-state index contributed by atoms with van der Waals surface area (Å²) in [6, 6.07) is 5.96. The molecule has 0 aliphatic carbocycles. The largest absolute Gasteiger partial charge is 0.433 e. The van der Waals surface area contributed by atoms with Gasteiger partial charge in [-0.25, -0.2) is 8.78 Å². The van der Waals surface area contributed by atoms with Gasteiger partial charge in [-0.1, -0.05) is 17.7 Å². The number of amides is 3. The molecule has 0 radical (unpaired) electrons. The van der Waals surface area contributed by atoms with Crippen molar-refractivity contribution in [3.05, 3.63) is 117 Å². The van der Waals surface area contributed by atoms with Crippen LogP contribution in [0, 0.1) is 11.6 Å². The van der Waals surface area contributed by atoms with Crippen molar-refractivity contribution in [3.8, 4) is 0 Å². The number of carbonyl (C=O) groups excluding carboxylic acids is 3. The number of anilines is 1. The average Bonchev–Trinajstić information content (AvgIpc) is 3.33. The van der Waals surface area contributed by atoms with Gasteiger partial charge in [0.2, 0.25) is 5.91 Å². The highest BCUT2D eigenvalue weighted by molar-refractivity contribution is 6.31. The van der Waals surface area contributed by atoms with Crippen LogP contribution < -0.4 is 16.0 Å². The van der Waals surface area contributed by atoms with Crippen LogP contribution in [0.4, 0.5) is 40.8 Å². The van der Waals surface area contributed by atoms with Crippen molar-refractivity contribution < 1.29 is 49.5 Å². The van der Waals surface area contributed by atoms with Gasteiger partial charge in [0.15, 0.2) is 0 Å². The maximum Gasteiger partial charge on any atom is 0.433 e. The lowest BCUT2D eigenvalue weighted by atomic mass is 10.0. The van der Waals surface area contributed by atoms with Gasteiger partial charge in [-0.05, 0) is 54.1 Å². The number of fused-ring (bicyclic) bond motifs is 1. The second-order valence-corrected chi connectivity index (χ2v) is 10.4. The summed E-state index contributed by atoms with van der Waals surface area (Å²) in [7, 11) is 0. The molecular formula is C29H18ClF8N5O3. The Morgan fingerprint density at radius 2 is 1.67 bits per heavy atom. The van der Waals surface area contributed by atoms with Crippen LogP contribution in [0.1, 0.15) is 55.0 Å². The Balaban J connectivity index is 1.54. The predicted octanol–water partition coefficient (Wildman–Crippen LogP) is 6.25. The van der Waals surface area contributed by atoms with E-state index in [9.17, 15) is 49.5 Å². The third kappa shape index (κ3) is 6.80. The van der Waals surface area contributed by atoms with Gasteiger partial charge in [0, 0.05) is 28.9 Å². The van der Waals surface area contributed by atoms with Crippen molar-refractivity contribution in [3.63, 3.8) is 0 Å². The highest BCUT2D eigenvalue weighted by Crippen LogP contribution is 2.38. The molecule has 0 spiro atoms. The van der Waals surface area contributed by atoms with Gasteiger partial charge in [-0.2, -0.15) is 26.3 Å². The molecule has 240 valence electrons. The fraction of sp³-hybridized carbons (Fsp3) is 0.172. The van der Waals surface area contributed by atoms with E-state index in [1.54, 1.807) is 0 Å². The Morgan fingerprint density at radius 3 is 2.33 bits per heavy atom. The van der Waals surface area contributed by atoms with E-state index in [-0.39, 0.29) is 45.8 Å². The van der Waals surface area contributed by atoms with E-state index in [0.29, 0.717) is 18.2 Å². The number of halogens is 9. The molecule has 46 heavy (non-hydrogen) atoms. The summed E-state index contributed by atoms with van der Waals surface area (Å²) in [5.74, 6) is -4.89. The van der Waals surface area contributed by atoms with Crippen LogP contribution in [0.3, 0.4) is 0 Å². The van der Waals surface area contributed by atoms with Crippen molar-refractivity contribution in [2.24, 2.45) is 0 Å². The minimum atomic E-state index is -4.98. The van der Waals surface area contributed by atoms with E-state index >= 15 is 0 Å². The third-order valence-electron chi connectivity index (χ3n) is 6.82. The normalized spacial score (nSPS) is 14.8. The van der Waals surface area contributed by atoms with E-state index in [4.69, 9.17) is 11.6 Å². The first kappa shape index (κ1) is 32.4. The first-order valence-electron chi connectivity index (χ1n) is 13.0. The van der Waals surface area contributed by atoms with Gasteiger partial charge < -0.3 is 20.5 Å². The van der Waals surface area contributed by atoms with E-state index in [1.165, 1.54) is 6.07 Å². The molecule has 1 aliphatic rings. The van der Waals surface area contributed by atoms with Gasteiger partial charge in [-0.15, -0.1) is 0 Å². The Labute approximate surface area is 258 Å². The number of nitrogens with one attached hydrogen (secondary N) is 3. The second kappa shape index (κ2) is 12.1. The highest BCUT2D eigenvalue weighted by atomic mass is 35.5. The number of hydrogen-bond donors (Lipinski definition) is 3. The molecule has 2 aromatic carbocycles. The number of aromatic nitrogens is 2. The zero-order valence-corrected chi connectivity index (χ0v) is 23.5. The molecule has 0 saturated carbocycles. The zero-order valence-electron chi connectivity index (χ0n) is 22.8. The Bertz CT molecular complexity index is 1860. The molecule has 3 amide bonds. The number of carbonyl (C=O) groups is 3. The van der Waals surface area contributed by atoms with Crippen LogP contribution in [0.25, 0.3) is 0 Å². The highest BCUT2D eigenvalue weighted by Gasteiger charge is 2.36. The molecule has 1 unspecified atom stereocenters. The Morgan fingerprint density at radius 1 is 0.935 bits per heavy atom. The summed E-state index contributed by atoms with van der Waals surface area (Å²) >= 11 is 6.28. The van der Waals surface area contributed by atoms with Crippen LogP contribution in [0.2, 0.25) is 5.02 Å². The Hall–Kier alpha value is -4.99. The van der Waals surface area contributed by atoms with Crippen molar-refractivity contribution in [2.45, 2.75) is 31.5 Å². The monoisotopic (exact) mass is 671 g/mol. The molecule has 4 aromatic rings. The molecule has 0 fully saturated rings. The van der Waals surface area contributed by atoms with Gasteiger partial charge in [0.1, 0.15) is 29.6 Å². The molecule has 0 bridgehead atoms. The number of hydrogen-bond acceptors (Lipinski definition) is 4. The summed E-state index contributed by atoms with van der Waals surface area (Å²) < 4.78 is 108. The molecule has 3 N–H and O–H groups in total. The van der Waals surface area contributed by atoms with Gasteiger partial charge in [0.25, 0.3) is 11.8 Å². The first-order valence-corrected chi connectivity index (χ1v) is 13.4. The molecular weight excluding hydrogens is 654 g/mol. The van der Waals surface area contributed by atoms with Crippen LogP contribution in [-0.2, 0) is 30.2 Å². The molecule has 1 aliphatic heterocycles. The topological polar surface area (TPSA) is 105 Å². The van der Waals surface area contributed by atoms with Crippen LogP contribution in [0.15, 0.2) is 60.8 Å². The minimum absolute atomic E-state index is 0.00235. The van der Waals surface area contributed by atoms with E-state index < -0.39 is 71.1 Å². The van der Waals surface area contributed by atoms with Gasteiger partial charge in [-0.3, -0.25) is 19.4 Å². The number of rotatable bonds is 6. The quantitative estimate of drug-likeness (QED) is 0.211. The zero-order chi connectivity index (χ0) is 33.6. The molecule has 1 atom stereocenters. The number of pyridine rings is 1. The SMILES string of the molecule is O=C1Cn2c(C(=O)NCc3ccc(C(F)(F)F)nc3)cc(NC(=O)c3cc(F)cc(C(F)(F)F)c3)c2C(c2cc(F)ccc2Cl)N1. The summed E-state index contributed by atoms with van der Waals surface area (Å²) in [5.41, 5.74) is -3.68. The second-order valence-electron chi connectivity index (χ2n) is 9.99. The molecule has 3 heterocycles. The lowest BCUT2D eigenvalue weighted by molar-refractivity contribution is -0.141. The number of benzene rings is 2. The summed E-state index contributed by atoms with van der Waals surface area (Å²) in [5, 5.41) is 7.33. The molecule has 2 aromatic heterocycles. The molecule has 0 saturated heterocycles. The van der Waals surface area contributed by atoms with Crippen molar-refractivity contribution in [2.75, 3.05) is 5.32 Å². The number of nitrogens with zero attached hydrogens (tertiary/aromatic N) is 2. The van der Waals surface area contributed by atoms with Crippen LogP contribution in [-0.4, -0.2) is 27.3 Å². The van der Waals surface area contributed by atoms with Gasteiger partial charge >= 0.3 is 12.4 Å². The number of alkyl halides is 6. The Kier molecular flexibility index (Phi) is 8.51. The van der Waals surface area contributed by atoms with E-state index in [2.05, 4.69) is 20.9 Å². The first-order chi connectivity index (χ1) is 21.5. The molecule has 17 heteroatoms. The average molecular weight is 672 g/mol. The maximum atomic E-state index is 14.3. The fourth-order valence-electron chi connectivity index (χ4n) is 4.76. The van der Waals surface area contributed by atoms with Gasteiger partial charge in [0.05, 0.1) is 23.0 Å². The lowest BCUT2D eigenvalue weighted by Gasteiger charge is -2.29. The summed E-state index contributed by atoms with van der Waals surface area (Å²) in [6.07, 6.45) is -8.77. The lowest BCUT2D eigenvalue weighted by Crippen LogP contribution is -2.41. The molecule has 8 nitrogen and oxygen atoms in total. The van der Waals surface area contributed by atoms with Crippen molar-refractivity contribution in [1.29, 1.82) is 0 Å². The van der Waals surface area contributed by atoms with E-state index in [0.717, 1.165) is 35.0 Å². The summed E-state index contributed by atoms with van der Waals surface area (Å²) in [6.45, 7) is -0.835. The maximum absolute atomic E-state index is 14.3. The van der Waals surface area contributed by atoms with Crippen LogP contribution >= 0.6 is 11.6 Å².